The molecule has 0 saturated carbocycles. The van der Waals surface area contributed by atoms with Gasteiger partial charge in [0.15, 0.2) is 0 Å². The highest BCUT2D eigenvalue weighted by atomic mass is 16.3. The van der Waals surface area contributed by atoms with Gasteiger partial charge in [-0.15, -0.1) is 0 Å². The van der Waals surface area contributed by atoms with E-state index in [9.17, 15) is 20.4 Å². The molecule has 30 heavy (non-hydrogen) atoms. The van der Waals surface area contributed by atoms with Crippen LogP contribution in [0, 0.1) is 0 Å². The van der Waals surface area contributed by atoms with Gasteiger partial charge in [-0.1, -0.05) is 24.3 Å². The van der Waals surface area contributed by atoms with Crippen LogP contribution in [0.15, 0.2) is 95.3 Å². The number of hydrogen-bond donors (Lipinski definition) is 5. The van der Waals surface area contributed by atoms with Gasteiger partial charge in [-0.3, -0.25) is 4.99 Å². The van der Waals surface area contributed by atoms with E-state index in [0.717, 1.165) is 10.8 Å². The van der Waals surface area contributed by atoms with Crippen LogP contribution >= 0.6 is 0 Å². The first-order valence-electron chi connectivity index (χ1n) is 9.32. The van der Waals surface area contributed by atoms with Crippen molar-refractivity contribution in [2.75, 3.05) is 5.32 Å². The molecule has 5 N–H and O–H groups in total. The summed E-state index contributed by atoms with van der Waals surface area (Å²) in [4.78, 5) is 4.50. The predicted molar refractivity (Wildman–Crippen MR) is 119 cm³/mol. The number of nitrogens with zero attached hydrogens (tertiary/aromatic N) is 1. The number of benzene rings is 3. The second-order valence-corrected chi connectivity index (χ2v) is 6.88. The maximum Gasteiger partial charge on any atom is 0.124 e. The van der Waals surface area contributed by atoms with Gasteiger partial charge in [0, 0.05) is 23.6 Å². The van der Waals surface area contributed by atoms with E-state index < -0.39 is 6.10 Å². The van der Waals surface area contributed by atoms with Crippen molar-refractivity contribution in [2.45, 2.75) is 6.10 Å². The number of phenolic OH excluding ortho intramolecular Hbond substituents is 2. The standard InChI is InChI=1S/C24H20N2O4/c27-19-5-7-23(29)17(9-19)13-25-21-11-15-3-1-2-4-16(15)12-22(21)26-14-18-10-20(28)6-8-24(18)30/h1-14,23,25,27-30H/b17-13-,26-14?. The van der Waals surface area contributed by atoms with Crippen molar-refractivity contribution in [2.24, 2.45) is 4.99 Å². The summed E-state index contributed by atoms with van der Waals surface area (Å²) in [5.74, 6) is 0.0953. The third-order valence-corrected chi connectivity index (χ3v) is 4.72. The number of nitrogens with one attached hydrogen (secondary N) is 1. The SMILES string of the molecule is OC1=C/C(=C/Nc2cc3ccccc3cc2N=Cc2cc(O)ccc2O)C(O)C=C1. The van der Waals surface area contributed by atoms with Crippen LogP contribution in [0.4, 0.5) is 11.4 Å². The van der Waals surface area contributed by atoms with Crippen LogP contribution in [0.1, 0.15) is 5.56 Å². The fourth-order valence-electron chi connectivity index (χ4n) is 3.13. The first kappa shape index (κ1) is 19.3. The second kappa shape index (κ2) is 8.14. The quantitative estimate of drug-likeness (QED) is 0.323. The molecular weight excluding hydrogens is 380 g/mol. The summed E-state index contributed by atoms with van der Waals surface area (Å²) in [5.41, 5.74) is 2.16. The zero-order chi connectivity index (χ0) is 21.1. The van der Waals surface area contributed by atoms with Gasteiger partial charge in [-0.2, -0.15) is 0 Å². The zero-order valence-corrected chi connectivity index (χ0v) is 15.9. The van der Waals surface area contributed by atoms with Crippen molar-refractivity contribution >= 4 is 28.4 Å². The van der Waals surface area contributed by atoms with Gasteiger partial charge in [0.1, 0.15) is 17.3 Å². The van der Waals surface area contributed by atoms with Crippen molar-refractivity contribution < 1.29 is 20.4 Å². The third-order valence-electron chi connectivity index (χ3n) is 4.72. The van der Waals surface area contributed by atoms with Gasteiger partial charge in [0.2, 0.25) is 0 Å². The first-order valence-corrected chi connectivity index (χ1v) is 9.32. The van der Waals surface area contributed by atoms with Gasteiger partial charge in [0.05, 0.1) is 17.5 Å². The fraction of sp³-hybridized carbons (Fsp3) is 0.0417. The molecule has 0 fully saturated rings. The van der Waals surface area contributed by atoms with Gasteiger partial charge in [-0.05, 0) is 59.3 Å². The summed E-state index contributed by atoms with van der Waals surface area (Å²) in [6, 6.07) is 15.9. The molecule has 0 bridgehead atoms. The number of allylic oxidation sites excluding steroid dienone is 1. The van der Waals surface area contributed by atoms with Crippen LogP contribution in [0.2, 0.25) is 0 Å². The fourth-order valence-corrected chi connectivity index (χ4v) is 3.13. The average molecular weight is 400 g/mol. The highest BCUT2D eigenvalue weighted by molar-refractivity contribution is 5.94. The highest BCUT2D eigenvalue weighted by Crippen LogP contribution is 2.32. The Bertz CT molecular complexity index is 1230. The lowest BCUT2D eigenvalue weighted by molar-refractivity contribution is 0.258. The van der Waals surface area contributed by atoms with Crippen molar-refractivity contribution in [3.05, 3.63) is 95.9 Å². The molecule has 0 saturated heterocycles. The summed E-state index contributed by atoms with van der Waals surface area (Å²) in [5, 5.41) is 44.5. The number of fused-ring (bicyclic) bond motifs is 1. The molecule has 1 aliphatic rings. The number of phenols is 2. The molecule has 4 rings (SSSR count). The van der Waals surface area contributed by atoms with E-state index >= 15 is 0 Å². The van der Waals surface area contributed by atoms with Crippen LogP contribution in [0.3, 0.4) is 0 Å². The van der Waals surface area contributed by atoms with Crippen molar-refractivity contribution in [3.63, 3.8) is 0 Å². The van der Waals surface area contributed by atoms with E-state index in [0.29, 0.717) is 22.5 Å². The topological polar surface area (TPSA) is 105 Å². The molecule has 1 unspecified atom stereocenters. The largest absolute Gasteiger partial charge is 0.508 e. The summed E-state index contributed by atoms with van der Waals surface area (Å²) in [7, 11) is 0. The number of hydrogen-bond acceptors (Lipinski definition) is 6. The molecule has 0 amide bonds. The predicted octanol–water partition coefficient (Wildman–Crippen LogP) is 4.67. The summed E-state index contributed by atoms with van der Waals surface area (Å²) in [6.45, 7) is 0. The van der Waals surface area contributed by atoms with E-state index in [2.05, 4.69) is 10.3 Å². The smallest absolute Gasteiger partial charge is 0.124 e. The summed E-state index contributed by atoms with van der Waals surface area (Å²) >= 11 is 0. The number of rotatable bonds is 4. The maximum atomic E-state index is 10.1. The summed E-state index contributed by atoms with van der Waals surface area (Å²) in [6.07, 6.45) is 6.67. The maximum absolute atomic E-state index is 10.1. The Kier molecular flexibility index (Phi) is 5.24. The molecule has 6 heteroatoms. The molecule has 0 radical (unpaired) electrons. The molecular formula is C24H20N2O4. The zero-order valence-electron chi connectivity index (χ0n) is 15.9. The van der Waals surface area contributed by atoms with Gasteiger partial charge >= 0.3 is 0 Å². The van der Waals surface area contributed by atoms with Crippen LogP contribution in [-0.2, 0) is 0 Å². The van der Waals surface area contributed by atoms with Crippen LogP contribution in [0.25, 0.3) is 10.8 Å². The molecule has 3 aromatic rings. The van der Waals surface area contributed by atoms with Gasteiger partial charge < -0.3 is 25.7 Å². The van der Waals surface area contributed by atoms with Crippen LogP contribution < -0.4 is 5.32 Å². The Morgan fingerprint density at radius 3 is 2.50 bits per heavy atom. The van der Waals surface area contributed by atoms with Gasteiger partial charge in [0.25, 0.3) is 0 Å². The van der Waals surface area contributed by atoms with E-state index in [1.165, 1.54) is 42.6 Å². The number of aromatic hydroxyl groups is 2. The monoisotopic (exact) mass is 400 g/mol. The van der Waals surface area contributed by atoms with Crippen molar-refractivity contribution in [3.8, 4) is 11.5 Å². The Morgan fingerprint density at radius 1 is 0.933 bits per heavy atom. The van der Waals surface area contributed by atoms with Crippen molar-refractivity contribution in [1.29, 1.82) is 0 Å². The lowest BCUT2D eigenvalue weighted by atomic mass is 10.0. The van der Waals surface area contributed by atoms with E-state index in [1.807, 2.05) is 36.4 Å². The highest BCUT2D eigenvalue weighted by Gasteiger charge is 2.11. The number of aliphatic imine (C=N–C) groups is 1. The van der Waals surface area contributed by atoms with Crippen LogP contribution in [-0.4, -0.2) is 32.7 Å². The molecule has 0 aromatic heterocycles. The first-order chi connectivity index (χ1) is 14.5. The summed E-state index contributed by atoms with van der Waals surface area (Å²) < 4.78 is 0. The molecule has 6 nitrogen and oxygen atoms in total. The number of aliphatic hydroxyl groups is 2. The lowest BCUT2D eigenvalue weighted by Gasteiger charge is -2.14. The normalized spacial score (nSPS) is 17.6. The van der Waals surface area contributed by atoms with Crippen molar-refractivity contribution in [1.82, 2.24) is 0 Å². The minimum atomic E-state index is -0.829. The number of anilines is 1. The molecule has 3 aromatic carbocycles. The van der Waals surface area contributed by atoms with Crippen LogP contribution in [0.5, 0.6) is 11.5 Å². The average Bonchev–Trinajstić information content (AvgIpc) is 2.74. The second-order valence-electron chi connectivity index (χ2n) is 6.88. The van der Waals surface area contributed by atoms with Gasteiger partial charge in [-0.25, -0.2) is 0 Å². The molecule has 0 heterocycles. The number of aliphatic hydroxyl groups excluding tert-OH is 2. The van der Waals surface area contributed by atoms with E-state index in [1.54, 1.807) is 6.20 Å². The van der Waals surface area contributed by atoms with E-state index in [-0.39, 0.29) is 17.3 Å². The molecule has 1 aliphatic carbocycles. The van der Waals surface area contributed by atoms with E-state index in [4.69, 9.17) is 0 Å². The Labute approximate surface area is 173 Å². The Morgan fingerprint density at radius 2 is 1.70 bits per heavy atom. The Hall–Kier alpha value is -4.03. The molecule has 1 atom stereocenters. The molecule has 0 aliphatic heterocycles. The minimum Gasteiger partial charge on any atom is -0.508 e. The Balaban J connectivity index is 1.73. The third kappa shape index (κ3) is 4.19. The minimum absolute atomic E-state index is 0.00620. The molecule has 0 spiro atoms. The lowest BCUT2D eigenvalue weighted by Crippen LogP contribution is -2.10. The molecule has 150 valence electrons.